The van der Waals surface area contributed by atoms with Gasteiger partial charge in [-0.2, -0.15) is 5.10 Å². The second-order valence-corrected chi connectivity index (χ2v) is 5.98. The standard InChI is InChI=1S/C11H11ClN2O2S/c1-17(15,16)11-7-13-14(8-11)10-4-2-9(6-12)3-5-10/h2-5,7-8H,6H2,1H3. The summed E-state index contributed by atoms with van der Waals surface area (Å²) in [7, 11) is -3.21. The van der Waals surface area contributed by atoms with Gasteiger partial charge >= 0.3 is 0 Å². The first-order valence-electron chi connectivity index (χ1n) is 4.91. The highest BCUT2D eigenvalue weighted by Crippen LogP contribution is 2.13. The number of hydrogen-bond acceptors (Lipinski definition) is 3. The molecule has 0 unspecified atom stereocenters. The van der Waals surface area contributed by atoms with Crippen molar-refractivity contribution in [2.24, 2.45) is 0 Å². The zero-order chi connectivity index (χ0) is 12.5. The number of benzene rings is 1. The maximum Gasteiger partial charge on any atom is 0.178 e. The number of alkyl halides is 1. The fourth-order valence-corrected chi connectivity index (χ4v) is 2.08. The number of sulfone groups is 1. The van der Waals surface area contributed by atoms with E-state index in [1.54, 1.807) is 0 Å². The topological polar surface area (TPSA) is 52.0 Å². The molecule has 0 atom stereocenters. The Morgan fingerprint density at radius 2 is 1.94 bits per heavy atom. The lowest BCUT2D eigenvalue weighted by Crippen LogP contribution is -1.96. The monoisotopic (exact) mass is 270 g/mol. The van der Waals surface area contributed by atoms with E-state index >= 15 is 0 Å². The Morgan fingerprint density at radius 3 is 2.41 bits per heavy atom. The van der Waals surface area contributed by atoms with E-state index in [2.05, 4.69) is 5.10 Å². The Morgan fingerprint density at radius 1 is 1.29 bits per heavy atom. The first-order chi connectivity index (χ1) is 8.00. The minimum atomic E-state index is -3.21. The highest BCUT2D eigenvalue weighted by molar-refractivity contribution is 7.90. The van der Waals surface area contributed by atoms with Gasteiger partial charge in [0.1, 0.15) is 4.90 Å². The van der Waals surface area contributed by atoms with Crippen molar-refractivity contribution in [3.8, 4) is 5.69 Å². The summed E-state index contributed by atoms with van der Waals surface area (Å²) in [6, 6.07) is 7.45. The molecule has 0 spiro atoms. The lowest BCUT2D eigenvalue weighted by atomic mass is 10.2. The van der Waals surface area contributed by atoms with Crippen LogP contribution in [0.4, 0.5) is 0 Å². The summed E-state index contributed by atoms with van der Waals surface area (Å²) in [6.07, 6.45) is 3.99. The van der Waals surface area contributed by atoms with Crippen LogP contribution in [-0.2, 0) is 15.7 Å². The van der Waals surface area contributed by atoms with Crippen molar-refractivity contribution in [2.75, 3.05) is 6.26 Å². The number of halogens is 1. The molecule has 6 heteroatoms. The Hall–Kier alpha value is -1.33. The van der Waals surface area contributed by atoms with Crippen molar-refractivity contribution < 1.29 is 8.42 Å². The zero-order valence-corrected chi connectivity index (χ0v) is 10.7. The molecule has 90 valence electrons. The third-order valence-corrected chi connectivity index (χ3v) is 3.72. The highest BCUT2D eigenvalue weighted by atomic mass is 35.5. The van der Waals surface area contributed by atoms with Crippen LogP contribution in [0.25, 0.3) is 5.69 Å². The molecular weight excluding hydrogens is 260 g/mol. The molecule has 0 saturated heterocycles. The van der Waals surface area contributed by atoms with Crippen molar-refractivity contribution in [1.82, 2.24) is 9.78 Å². The predicted octanol–water partition coefficient (Wildman–Crippen LogP) is 2.01. The third-order valence-electron chi connectivity index (χ3n) is 2.34. The summed E-state index contributed by atoms with van der Waals surface area (Å²) in [5.74, 6) is 0.452. The first-order valence-corrected chi connectivity index (χ1v) is 7.33. The van der Waals surface area contributed by atoms with Gasteiger partial charge in [0.05, 0.1) is 11.9 Å². The van der Waals surface area contributed by atoms with E-state index in [-0.39, 0.29) is 4.90 Å². The Balaban J connectivity index is 2.37. The van der Waals surface area contributed by atoms with Crippen LogP contribution in [-0.4, -0.2) is 24.5 Å². The number of hydrogen-bond donors (Lipinski definition) is 0. The van der Waals surface area contributed by atoms with E-state index in [1.165, 1.54) is 17.1 Å². The van der Waals surface area contributed by atoms with E-state index in [1.807, 2.05) is 24.3 Å². The van der Waals surface area contributed by atoms with Crippen LogP contribution in [0.5, 0.6) is 0 Å². The first kappa shape index (κ1) is 12.1. The number of aromatic nitrogens is 2. The molecule has 2 aromatic rings. The molecular formula is C11H11ClN2O2S. The molecule has 1 aromatic heterocycles. The number of rotatable bonds is 3. The summed E-state index contributed by atoms with van der Waals surface area (Å²) in [5.41, 5.74) is 1.81. The van der Waals surface area contributed by atoms with Crippen molar-refractivity contribution in [1.29, 1.82) is 0 Å². The van der Waals surface area contributed by atoms with Crippen molar-refractivity contribution in [3.63, 3.8) is 0 Å². The molecule has 0 aliphatic rings. The van der Waals surface area contributed by atoms with E-state index in [9.17, 15) is 8.42 Å². The molecule has 1 aromatic carbocycles. The van der Waals surface area contributed by atoms with Gasteiger partial charge in [-0.05, 0) is 17.7 Å². The Kier molecular flexibility index (Phi) is 3.22. The average molecular weight is 271 g/mol. The van der Waals surface area contributed by atoms with Crippen LogP contribution in [0.1, 0.15) is 5.56 Å². The summed E-state index contributed by atoms with van der Waals surface area (Å²) in [5, 5.41) is 4.01. The third kappa shape index (κ3) is 2.68. The van der Waals surface area contributed by atoms with E-state index in [0.717, 1.165) is 17.5 Å². The largest absolute Gasteiger partial charge is 0.240 e. The fourth-order valence-electron chi connectivity index (χ4n) is 1.38. The maximum absolute atomic E-state index is 11.3. The summed E-state index contributed by atoms with van der Waals surface area (Å²) < 4.78 is 24.1. The molecule has 1 heterocycles. The van der Waals surface area contributed by atoms with E-state index in [4.69, 9.17) is 11.6 Å². The highest BCUT2D eigenvalue weighted by Gasteiger charge is 2.10. The molecule has 0 radical (unpaired) electrons. The molecule has 0 saturated carbocycles. The van der Waals surface area contributed by atoms with Gasteiger partial charge in [0.25, 0.3) is 0 Å². The molecule has 4 nitrogen and oxygen atoms in total. The van der Waals surface area contributed by atoms with Crippen LogP contribution in [0, 0.1) is 0 Å². The van der Waals surface area contributed by atoms with Crippen LogP contribution in [0.2, 0.25) is 0 Å². The van der Waals surface area contributed by atoms with Crippen LogP contribution in [0.3, 0.4) is 0 Å². The van der Waals surface area contributed by atoms with Crippen LogP contribution < -0.4 is 0 Å². The second kappa shape index (κ2) is 4.50. The zero-order valence-electron chi connectivity index (χ0n) is 9.17. The molecule has 0 fully saturated rings. The summed E-state index contributed by atoms with van der Waals surface area (Å²) in [6.45, 7) is 0. The fraction of sp³-hybridized carbons (Fsp3) is 0.182. The Labute approximate surface area is 105 Å². The van der Waals surface area contributed by atoms with Gasteiger partial charge < -0.3 is 0 Å². The summed E-state index contributed by atoms with van der Waals surface area (Å²) in [4.78, 5) is 0.207. The maximum atomic E-state index is 11.3. The minimum Gasteiger partial charge on any atom is -0.240 e. The molecule has 0 aliphatic heterocycles. The SMILES string of the molecule is CS(=O)(=O)c1cnn(-c2ccc(CCl)cc2)c1. The van der Waals surface area contributed by atoms with Gasteiger partial charge in [-0.3, -0.25) is 0 Å². The van der Waals surface area contributed by atoms with E-state index in [0.29, 0.717) is 5.88 Å². The molecule has 0 aliphatic carbocycles. The number of nitrogens with zero attached hydrogens (tertiary/aromatic N) is 2. The molecule has 2 rings (SSSR count). The van der Waals surface area contributed by atoms with Gasteiger partial charge in [-0.1, -0.05) is 12.1 Å². The van der Waals surface area contributed by atoms with Gasteiger partial charge in [-0.15, -0.1) is 11.6 Å². The average Bonchev–Trinajstić information content (AvgIpc) is 2.78. The van der Waals surface area contributed by atoms with Gasteiger partial charge in [-0.25, -0.2) is 13.1 Å². The van der Waals surface area contributed by atoms with Gasteiger partial charge in [0.15, 0.2) is 9.84 Å². The second-order valence-electron chi connectivity index (χ2n) is 3.69. The minimum absolute atomic E-state index is 0.207. The summed E-state index contributed by atoms with van der Waals surface area (Å²) >= 11 is 5.69. The van der Waals surface area contributed by atoms with Crippen molar-refractivity contribution >= 4 is 21.4 Å². The molecule has 0 N–H and O–H groups in total. The normalized spacial score (nSPS) is 11.6. The van der Waals surface area contributed by atoms with Gasteiger partial charge in [0, 0.05) is 18.3 Å². The molecule has 0 amide bonds. The van der Waals surface area contributed by atoms with Crippen LogP contribution >= 0.6 is 11.6 Å². The lowest BCUT2D eigenvalue weighted by Gasteiger charge is -2.01. The molecule has 17 heavy (non-hydrogen) atoms. The van der Waals surface area contributed by atoms with Gasteiger partial charge in [0.2, 0.25) is 0 Å². The van der Waals surface area contributed by atoms with Crippen molar-refractivity contribution in [3.05, 3.63) is 42.2 Å². The quantitative estimate of drug-likeness (QED) is 0.802. The van der Waals surface area contributed by atoms with E-state index < -0.39 is 9.84 Å². The smallest absolute Gasteiger partial charge is 0.178 e. The predicted molar refractivity (Wildman–Crippen MR) is 66.2 cm³/mol. The molecule has 0 bridgehead atoms. The van der Waals surface area contributed by atoms with Crippen LogP contribution in [0.15, 0.2) is 41.6 Å². The van der Waals surface area contributed by atoms with Crippen molar-refractivity contribution in [2.45, 2.75) is 10.8 Å². The lowest BCUT2D eigenvalue weighted by molar-refractivity contribution is 0.602. The Bertz CT molecular complexity index is 617.